The normalized spacial score (nSPS) is 18.6. The standard InChI is InChI=1S/C23H20F2N2O3S/c1-12(2)19(26)21(28)30-14-7-5-13(6-8-14)23(17-4-3-11-31-17)15-9-10-16(24)18(25)20(15)27-22(23)29/h3-12,19H,26H2,1-2H3,(H,27,29). The summed E-state index contributed by atoms with van der Waals surface area (Å²) in [5, 5.41) is 4.32. The molecule has 2 aromatic carbocycles. The number of halogens is 2. The van der Waals surface area contributed by atoms with Gasteiger partial charge in [-0.25, -0.2) is 13.6 Å². The third kappa shape index (κ3) is 3.32. The van der Waals surface area contributed by atoms with Crippen LogP contribution in [0.2, 0.25) is 0 Å². The smallest absolute Gasteiger partial charge is 0.328 e. The van der Waals surface area contributed by atoms with Gasteiger partial charge in [-0.1, -0.05) is 38.1 Å². The first kappa shape index (κ1) is 21.1. The fraction of sp³-hybridized carbons (Fsp3) is 0.217. The van der Waals surface area contributed by atoms with Crippen LogP contribution in [0.15, 0.2) is 53.9 Å². The molecular weight excluding hydrogens is 422 g/mol. The van der Waals surface area contributed by atoms with Gasteiger partial charge in [0.15, 0.2) is 11.6 Å². The van der Waals surface area contributed by atoms with Gasteiger partial charge in [0.2, 0.25) is 5.91 Å². The largest absolute Gasteiger partial charge is 0.425 e. The lowest BCUT2D eigenvalue weighted by Crippen LogP contribution is -2.38. The maximum Gasteiger partial charge on any atom is 0.328 e. The van der Waals surface area contributed by atoms with Crippen LogP contribution in [0.25, 0.3) is 0 Å². The summed E-state index contributed by atoms with van der Waals surface area (Å²) in [6.45, 7) is 3.63. The van der Waals surface area contributed by atoms with Crippen molar-refractivity contribution in [2.24, 2.45) is 11.7 Å². The quantitative estimate of drug-likeness (QED) is 0.458. The van der Waals surface area contributed by atoms with Crippen LogP contribution in [0.5, 0.6) is 5.75 Å². The van der Waals surface area contributed by atoms with E-state index in [0.717, 1.165) is 6.07 Å². The van der Waals surface area contributed by atoms with E-state index in [1.165, 1.54) is 17.4 Å². The summed E-state index contributed by atoms with van der Waals surface area (Å²) in [5.74, 6) is -2.99. The Morgan fingerprint density at radius 1 is 1.13 bits per heavy atom. The van der Waals surface area contributed by atoms with Crippen LogP contribution >= 0.6 is 11.3 Å². The number of nitrogens with one attached hydrogen (secondary N) is 1. The molecule has 2 atom stereocenters. The second kappa shape index (κ2) is 7.86. The Morgan fingerprint density at radius 3 is 2.45 bits per heavy atom. The number of ether oxygens (including phenoxy) is 1. The van der Waals surface area contributed by atoms with E-state index in [1.807, 2.05) is 19.2 Å². The first-order chi connectivity index (χ1) is 14.8. The van der Waals surface area contributed by atoms with E-state index in [4.69, 9.17) is 10.5 Å². The Bertz CT molecular complexity index is 1150. The number of carbonyl (C=O) groups excluding carboxylic acids is 2. The van der Waals surface area contributed by atoms with E-state index < -0.39 is 35.0 Å². The Kier molecular flexibility index (Phi) is 5.36. The molecule has 0 saturated carbocycles. The highest BCUT2D eigenvalue weighted by molar-refractivity contribution is 7.10. The van der Waals surface area contributed by atoms with Gasteiger partial charge in [-0.2, -0.15) is 0 Å². The summed E-state index contributed by atoms with van der Waals surface area (Å²) < 4.78 is 33.6. The number of amides is 1. The molecule has 1 aromatic heterocycles. The first-order valence-electron chi connectivity index (χ1n) is 9.68. The third-order valence-electron chi connectivity index (χ3n) is 5.46. The summed E-state index contributed by atoms with van der Waals surface area (Å²) in [6.07, 6.45) is 0. The molecule has 1 amide bonds. The lowest BCUT2D eigenvalue weighted by molar-refractivity contribution is -0.136. The molecule has 3 N–H and O–H groups in total. The molecule has 2 heterocycles. The van der Waals surface area contributed by atoms with Crippen molar-refractivity contribution < 1.29 is 23.1 Å². The van der Waals surface area contributed by atoms with Gasteiger partial charge in [0, 0.05) is 10.4 Å². The highest BCUT2D eigenvalue weighted by Gasteiger charge is 2.51. The average molecular weight is 442 g/mol. The monoisotopic (exact) mass is 442 g/mol. The van der Waals surface area contributed by atoms with Crippen LogP contribution in [-0.4, -0.2) is 17.9 Å². The van der Waals surface area contributed by atoms with Gasteiger partial charge in [-0.05, 0) is 41.1 Å². The number of esters is 1. The minimum absolute atomic E-state index is 0.0807. The second-order valence-electron chi connectivity index (χ2n) is 7.68. The van der Waals surface area contributed by atoms with Crippen molar-refractivity contribution in [2.45, 2.75) is 25.3 Å². The number of hydrogen-bond acceptors (Lipinski definition) is 5. The van der Waals surface area contributed by atoms with Crippen molar-refractivity contribution >= 4 is 28.9 Å². The molecule has 3 aromatic rings. The van der Waals surface area contributed by atoms with Gasteiger partial charge < -0.3 is 15.8 Å². The zero-order valence-electron chi connectivity index (χ0n) is 16.8. The fourth-order valence-electron chi connectivity index (χ4n) is 3.71. The molecule has 0 spiro atoms. The summed E-state index contributed by atoms with van der Waals surface area (Å²) >= 11 is 1.33. The lowest BCUT2D eigenvalue weighted by atomic mass is 9.74. The molecule has 0 aliphatic carbocycles. The average Bonchev–Trinajstić information content (AvgIpc) is 3.37. The van der Waals surface area contributed by atoms with Crippen LogP contribution in [-0.2, 0) is 15.0 Å². The Labute approximate surface area is 181 Å². The Hall–Kier alpha value is -3.10. The van der Waals surface area contributed by atoms with Crippen LogP contribution in [0, 0.1) is 17.6 Å². The van der Waals surface area contributed by atoms with Gasteiger partial charge in [0.1, 0.15) is 17.2 Å². The van der Waals surface area contributed by atoms with E-state index in [1.54, 1.807) is 36.4 Å². The zero-order chi connectivity index (χ0) is 22.3. The number of benzene rings is 2. The van der Waals surface area contributed by atoms with Crippen LogP contribution in [0.1, 0.15) is 29.9 Å². The van der Waals surface area contributed by atoms with Crippen LogP contribution in [0.3, 0.4) is 0 Å². The molecule has 1 aliphatic rings. The molecule has 2 unspecified atom stereocenters. The van der Waals surface area contributed by atoms with Crippen LogP contribution in [0.4, 0.5) is 14.5 Å². The summed E-state index contributed by atoms with van der Waals surface area (Å²) in [4.78, 5) is 26.0. The first-order valence-corrected chi connectivity index (χ1v) is 10.6. The molecule has 0 bridgehead atoms. The SMILES string of the molecule is CC(C)C(N)C(=O)Oc1ccc(C2(c3cccs3)C(=O)Nc3c2ccc(F)c3F)cc1. The lowest BCUT2D eigenvalue weighted by Gasteiger charge is -2.27. The molecule has 1 aliphatic heterocycles. The van der Waals surface area contributed by atoms with Gasteiger partial charge in [-0.15, -0.1) is 11.3 Å². The van der Waals surface area contributed by atoms with Gasteiger partial charge in [0.25, 0.3) is 0 Å². The highest BCUT2D eigenvalue weighted by Crippen LogP contribution is 2.50. The fourth-order valence-corrected chi connectivity index (χ4v) is 4.67. The number of nitrogens with two attached hydrogens (primary N) is 1. The molecule has 0 saturated heterocycles. The summed E-state index contributed by atoms with van der Waals surface area (Å²) in [6, 6.07) is 11.6. The molecule has 160 valence electrons. The predicted octanol–water partition coefficient (Wildman–Crippen LogP) is 4.20. The Morgan fingerprint density at radius 2 is 1.84 bits per heavy atom. The van der Waals surface area contributed by atoms with Gasteiger partial charge in [-0.3, -0.25) is 4.79 Å². The predicted molar refractivity (Wildman–Crippen MR) is 114 cm³/mol. The highest BCUT2D eigenvalue weighted by atomic mass is 32.1. The number of thiophene rings is 1. The third-order valence-corrected chi connectivity index (χ3v) is 6.45. The maximum absolute atomic E-state index is 14.5. The Balaban J connectivity index is 1.80. The molecule has 0 fully saturated rings. The zero-order valence-corrected chi connectivity index (χ0v) is 17.6. The van der Waals surface area contributed by atoms with Crippen molar-refractivity contribution in [2.75, 3.05) is 5.32 Å². The number of fused-ring (bicyclic) bond motifs is 1. The minimum atomic E-state index is -1.35. The van der Waals surface area contributed by atoms with Gasteiger partial charge >= 0.3 is 5.97 Å². The van der Waals surface area contributed by atoms with Crippen LogP contribution < -0.4 is 15.8 Å². The molecule has 8 heteroatoms. The second-order valence-corrected chi connectivity index (χ2v) is 8.63. The number of anilines is 1. The van der Waals surface area contributed by atoms with E-state index in [2.05, 4.69) is 5.32 Å². The van der Waals surface area contributed by atoms with Crippen molar-refractivity contribution in [1.82, 2.24) is 0 Å². The van der Waals surface area contributed by atoms with Crippen molar-refractivity contribution in [1.29, 1.82) is 0 Å². The molecule has 5 nitrogen and oxygen atoms in total. The molecular formula is C23H20F2N2O3S. The van der Waals surface area contributed by atoms with E-state index in [-0.39, 0.29) is 17.4 Å². The molecule has 0 radical (unpaired) electrons. The van der Waals surface area contributed by atoms with E-state index in [0.29, 0.717) is 16.0 Å². The number of carbonyl (C=O) groups is 2. The van der Waals surface area contributed by atoms with Crippen molar-refractivity contribution in [3.63, 3.8) is 0 Å². The van der Waals surface area contributed by atoms with Crippen molar-refractivity contribution in [3.8, 4) is 5.75 Å². The van der Waals surface area contributed by atoms with Crippen molar-refractivity contribution in [3.05, 3.63) is 81.5 Å². The van der Waals surface area contributed by atoms with Gasteiger partial charge in [0.05, 0.1) is 5.69 Å². The van der Waals surface area contributed by atoms with E-state index >= 15 is 0 Å². The molecule has 4 rings (SSSR count). The van der Waals surface area contributed by atoms with E-state index in [9.17, 15) is 18.4 Å². The number of hydrogen-bond donors (Lipinski definition) is 2. The number of rotatable bonds is 5. The minimum Gasteiger partial charge on any atom is -0.425 e. The maximum atomic E-state index is 14.5. The topological polar surface area (TPSA) is 81.4 Å². The summed E-state index contributed by atoms with van der Waals surface area (Å²) in [7, 11) is 0. The summed E-state index contributed by atoms with van der Waals surface area (Å²) in [5.41, 5.74) is 5.16. The molecule has 31 heavy (non-hydrogen) atoms.